The Morgan fingerprint density at radius 1 is 1.43 bits per heavy atom. The van der Waals surface area contributed by atoms with Gasteiger partial charge in [-0.05, 0) is 23.6 Å². The fourth-order valence-electron chi connectivity index (χ4n) is 1.66. The molecule has 2 rings (SSSR count). The molecule has 0 radical (unpaired) electrons. The third-order valence-electron chi connectivity index (χ3n) is 2.65. The Kier molecular flexibility index (Phi) is 5.34. The molecule has 0 aliphatic carbocycles. The molecule has 6 heteroatoms. The second kappa shape index (κ2) is 7.23. The monoisotopic (exact) mass is 323 g/mol. The van der Waals surface area contributed by atoms with Crippen LogP contribution in [0.15, 0.2) is 29.6 Å². The number of hydrogen-bond acceptors (Lipinski definition) is 3. The lowest BCUT2D eigenvalue weighted by molar-refractivity contribution is 0.0947. The molecule has 1 aromatic carbocycles. The highest BCUT2D eigenvalue weighted by Gasteiger charge is 2.14. The maximum absolute atomic E-state index is 13.7. The first kappa shape index (κ1) is 15.5. The van der Waals surface area contributed by atoms with Gasteiger partial charge in [-0.3, -0.25) is 4.79 Å². The molecule has 2 aromatic rings. The van der Waals surface area contributed by atoms with Gasteiger partial charge in [0.25, 0.3) is 5.91 Å². The van der Waals surface area contributed by atoms with Gasteiger partial charge in [0.1, 0.15) is 6.61 Å². The molecule has 0 saturated heterocycles. The maximum atomic E-state index is 13.7. The molecule has 3 nitrogen and oxygen atoms in total. The first-order valence-electron chi connectivity index (χ1n) is 6.01. The van der Waals surface area contributed by atoms with Crippen LogP contribution in [0.3, 0.4) is 0 Å². The van der Waals surface area contributed by atoms with Crippen molar-refractivity contribution in [2.45, 2.75) is 6.54 Å². The third-order valence-corrected chi connectivity index (χ3v) is 3.87. The van der Waals surface area contributed by atoms with Crippen molar-refractivity contribution < 1.29 is 14.3 Å². The molecular formula is C15H11ClFNO2S. The van der Waals surface area contributed by atoms with Crippen LogP contribution in [0.2, 0.25) is 5.02 Å². The van der Waals surface area contributed by atoms with Crippen molar-refractivity contribution in [1.29, 1.82) is 0 Å². The summed E-state index contributed by atoms with van der Waals surface area (Å²) in [7, 11) is 0. The Labute approximate surface area is 130 Å². The molecule has 1 amide bonds. The number of aliphatic hydroxyl groups is 1. The fraction of sp³-hybridized carbons (Fsp3) is 0.133. The van der Waals surface area contributed by atoms with E-state index in [1.54, 1.807) is 6.07 Å². The highest BCUT2D eigenvalue weighted by atomic mass is 35.5. The van der Waals surface area contributed by atoms with E-state index in [0.29, 0.717) is 0 Å². The quantitative estimate of drug-likeness (QED) is 0.853. The number of benzene rings is 1. The second-order valence-electron chi connectivity index (χ2n) is 4.00. The molecule has 0 bridgehead atoms. The van der Waals surface area contributed by atoms with Crippen molar-refractivity contribution in [3.05, 3.63) is 56.5 Å². The van der Waals surface area contributed by atoms with E-state index in [4.69, 9.17) is 16.7 Å². The van der Waals surface area contributed by atoms with Gasteiger partial charge in [-0.2, -0.15) is 0 Å². The van der Waals surface area contributed by atoms with Crippen molar-refractivity contribution in [2.75, 3.05) is 6.61 Å². The van der Waals surface area contributed by atoms with Crippen LogP contribution in [0.1, 0.15) is 20.8 Å². The van der Waals surface area contributed by atoms with E-state index in [1.807, 2.05) is 5.38 Å². The Bertz CT molecular complexity index is 718. The maximum Gasteiger partial charge on any atom is 0.254 e. The Balaban J connectivity index is 2.08. The smallest absolute Gasteiger partial charge is 0.254 e. The third kappa shape index (κ3) is 3.82. The highest BCUT2D eigenvalue weighted by Crippen LogP contribution is 2.19. The summed E-state index contributed by atoms with van der Waals surface area (Å²) < 4.78 is 13.7. The predicted octanol–water partition coefficient (Wildman–Crippen LogP) is 2.81. The van der Waals surface area contributed by atoms with E-state index < -0.39 is 11.7 Å². The molecule has 0 unspecified atom stereocenters. The molecule has 1 aromatic heterocycles. The molecule has 0 fully saturated rings. The van der Waals surface area contributed by atoms with Gasteiger partial charge in [-0.1, -0.05) is 29.5 Å². The normalized spacial score (nSPS) is 9.86. The largest absolute Gasteiger partial charge is 0.384 e. The van der Waals surface area contributed by atoms with Crippen LogP contribution in [0.4, 0.5) is 4.39 Å². The summed E-state index contributed by atoms with van der Waals surface area (Å²) in [5, 5.41) is 13.1. The van der Waals surface area contributed by atoms with Gasteiger partial charge < -0.3 is 10.4 Å². The van der Waals surface area contributed by atoms with Crippen molar-refractivity contribution in [1.82, 2.24) is 5.32 Å². The topological polar surface area (TPSA) is 49.3 Å². The molecular weight excluding hydrogens is 313 g/mol. The number of carbonyl (C=O) groups excluding carboxylic acids is 1. The number of halogens is 2. The molecule has 21 heavy (non-hydrogen) atoms. The first-order valence-corrected chi connectivity index (χ1v) is 7.27. The highest BCUT2D eigenvalue weighted by molar-refractivity contribution is 7.10. The van der Waals surface area contributed by atoms with Gasteiger partial charge in [0.15, 0.2) is 5.82 Å². The molecule has 0 aliphatic heterocycles. The molecule has 0 saturated carbocycles. The van der Waals surface area contributed by atoms with Crippen LogP contribution in [0.5, 0.6) is 0 Å². The number of rotatable bonds is 3. The predicted molar refractivity (Wildman–Crippen MR) is 80.9 cm³/mol. The lowest BCUT2D eigenvalue weighted by Gasteiger charge is -2.06. The molecule has 0 spiro atoms. The molecule has 2 N–H and O–H groups in total. The summed E-state index contributed by atoms with van der Waals surface area (Å²) in [6.07, 6.45) is 0. The minimum absolute atomic E-state index is 0.0896. The number of aliphatic hydroxyl groups excluding tert-OH is 1. The van der Waals surface area contributed by atoms with Gasteiger partial charge in [0.2, 0.25) is 0 Å². The fourth-order valence-corrected chi connectivity index (χ4v) is 2.60. The lowest BCUT2D eigenvalue weighted by Crippen LogP contribution is -2.23. The molecule has 0 aliphatic rings. The van der Waals surface area contributed by atoms with Crippen LogP contribution in [-0.4, -0.2) is 17.6 Å². The van der Waals surface area contributed by atoms with Crippen molar-refractivity contribution in [3.8, 4) is 11.8 Å². The van der Waals surface area contributed by atoms with Crippen molar-refractivity contribution in [3.63, 3.8) is 0 Å². The van der Waals surface area contributed by atoms with Crippen molar-refractivity contribution in [2.24, 2.45) is 0 Å². The van der Waals surface area contributed by atoms with Crippen LogP contribution in [0, 0.1) is 17.7 Å². The summed E-state index contributed by atoms with van der Waals surface area (Å²) in [6, 6.07) is 6.07. The van der Waals surface area contributed by atoms with Crippen LogP contribution >= 0.6 is 22.9 Å². The van der Waals surface area contributed by atoms with E-state index in [9.17, 15) is 9.18 Å². The van der Waals surface area contributed by atoms with Gasteiger partial charge in [-0.15, -0.1) is 11.3 Å². The number of hydrogen-bond donors (Lipinski definition) is 2. The minimum Gasteiger partial charge on any atom is -0.384 e. The zero-order valence-electron chi connectivity index (χ0n) is 10.8. The summed E-state index contributed by atoms with van der Waals surface area (Å²) in [4.78, 5) is 12.8. The van der Waals surface area contributed by atoms with E-state index in [-0.39, 0.29) is 23.7 Å². The lowest BCUT2D eigenvalue weighted by atomic mass is 10.2. The number of thiophene rings is 1. The average Bonchev–Trinajstić information content (AvgIpc) is 2.93. The zero-order chi connectivity index (χ0) is 15.2. The minimum atomic E-state index is -0.733. The Morgan fingerprint density at radius 3 is 3.00 bits per heavy atom. The number of carbonyl (C=O) groups is 1. The van der Waals surface area contributed by atoms with Crippen LogP contribution in [0.25, 0.3) is 0 Å². The first-order chi connectivity index (χ1) is 10.1. The number of nitrogens with one attached hydrogen (secondary N) is 1. The standard InChI is InChI=1S/C15H11ClFNO2S/c16-12-5-1-4-11(14(12)17)15(20)18-9-13-10(3-2-7-19)6-8-21-13/h1,4-6,8,19H,7,9H2,(H,18,20). The number of amides is 1. The SMILES string of the molecule is O=C(NCc1sccc1C#CCO)c1cccc(Cl)c1F. The molecule has 108 valence electrons. The van der Waals surface area contributed by atoms with Crippen LogP contribution < -0.4 is 5.32 Å². The van der Waals surface area contributed by atoms with E-state index in [2.05, 4.69) is 17.2 Å². The Hall–Kier alpha value is -1.87. The summed E-state index contributed by atoms with van der Waals surface area (Å²) in [5.41, 5.74) is 0.642. The summed E-state index contributed by atoms with van der Waals surface area (Å²) in [6.45, 7) is 0.00721. The summed E-state index contributed by atoms with van der Waals surface area (Å²) >= 11 is 7.07. The van der Waals surface area contributed by atoms with Gasteiger partial charge in [-0.25, -0.2) is 4.39 Å². The van der Waals surface area contributed by atoms with Gasteiger partial charge in [0, 0.05) is 10.4 Å². The average molecular weight is 324 g/mol. The van der Waals surface area contributed by atoms with Crippen molar-refractivity contribution >= 4 is 28.8 Å². The second-order valence-corrected chi connectivity index (χ2v) is 5.41. The van der Waals surface area contributed by atoms with E-state index in [0.717, 1.165) is 10.4 Å². The summed E-state index contributed by atoms with van der Waals surface area (Å²) in [5.74, 6) is 4.07. The van der Waals surface area contributed by atoms with E-state index >= 15 is 0 Å². The Morgan fingerprint density at radius 2 is 2.24 bits per heavy atom. The molecule has 0 atom stereocenters. The van der Waals surface area contributed by atoms with Gasteiger partial charge >= 0.3 is 0 Å². The molecule has 1 heterocycles. The van der Waals surface area contributed by atoms with E-state index in [1.165, 1.54) is 29.5 Å². The zero-order valence-corrected chi connectivity index (χ0v) is 12.4. The van der Waals surface area contributed by atoms with Gasteiger partial charge in [0.05, 0.1) is 17.1 Å². The van der Waals surface area contributed by atoms with Crippen LogP contribution in [-0.2, 0) is 6.54 Å².